The highest BCUT2D eigenvalue weighted by Gasteiger charge is 2.40. The maximum atomic E-state index is 13.3. The molecular weight excluding hydrogens is 950 g/mol. The number of nitrogens with zero attached hydrogens (tertiary/aromatic N) is 2. The number of amides is 2. The number of benzene rings is 4. The van der Waals surface area contributed by atoms with Crippen LogP contribution in [0.1, 0.15) is 102 Å². The molecule has 2 amide bonds. The van der Waals surface area contributed by atoms with Crippen LogP contribution < -0.4 is 4.43 Å². The van der Waals surface area contributed by atoms with Gasteiger partial charge in [0, 0.05) is 69.2 Å². The van der Waals surface area contributed by atoms with Gasteiger partial charge in [-0.2, -0.15) is 0 Å². The van der Waals surface area contributed by atoms with Crippen LogP contribution in [0.5, 0.6) is 11.5 Å². The number of hydrogen-bond acceptors (Lipinski definition) is 8. The fourth-order valence-corrected chi connectivity index (χ4v) is 11.5. The molecular formula is C52H60Cl4N2O8Si. The van der Waals surface area contributed by atoms with Crippen LogP contribution in [0.25, 0.3) is 0 Å². The molecule has 2 aliphatic carbocycles. The zero-order chi connectivity index (χ0) is 48.2. The Balaban J connectivity index is 0.000000203. The Kier molecular flexibility index (Phi) is 16.3. The van der Waals surface area contributed by atoms with E-state index in [1.807, 2.05) is 18.2 Å². The van der Waals surface area contributed by atoms with E-state index in [1.165, 1.54) is 0 Å². The van der Waals surface area contributed by atoms with Gasteiger partial charge in [0.05, 0.1) is 0 Å². The molecule has 0 spiro atoms. The molecule has 67 heavy (non-hydrogen) atoms. The molecule has 0 bridgehead atoms. The molecule has 2 saturated heterocycles. The summed E-state index contributed by atoms with van der Waals surface area (Å²) in [6.07, 6.45) is 5.98. The molecule has 2 unspecified atom stereocenters. The summed E-state index contributed by atoms with van der Waals surface area (Å²) in [6.45, 7) is 13.9. The van der Waals surface area contributed by atoms with E-state index in [0.717, 1.165) is 84.9 Å². The van der Waals surface area contributed by atoms with Gasteiger partial charge in [0.2, 0.25) is 8.32 Å². The molecule has 15 heteroatoms. The molecule has 1 N–H and O–H groups in total. The summed E-state index contributed by atoms with van der Waals surface area (Å²) in [5.41, 5.74) is 5.13. The Bertz CT molecular complexity index is 2440. The molecule has 8 rings (SSSR count). The molecule has 2 heterocycles. The highest BCUT2D eigenvalue weighted by atomic mass is 35.5. The molecule has 0 radical (unpaired) electrons. The van der Waals surface area contributed by atoms with Crippen LogP contribution in [0.15, 0.2) is 72.8 Å². The van der Waals surface area contributed by atoms with Crippen molar-refractivity contribution in [2.45, 2.75) is 103 Å². The van der Waals surface area contributed by atoms with Gasteiger partial charge in [-0.3, -0.25) is 9.59 Å². The van der Waals surface area contributed by atoms with E-state index >= 15 is 0 Å². The second-order valence-electron chi connectivity index (χ2n) is 20.1. The topological polar surface area (TPSA) is 123 Å². The van der Waals surface area contributed by atoms with Gasteiger partial charge in [0.25, 0.3) is 0 Å². The third kappa shape index (κ3) is 13.1. The van der Waals surface area contributed by atoms with E-state index < -0.39 is 8.32 Å². The third-order valence-corrected chi connectivity index (χ3v) is 19.3. The smallest absolute Gasteiger partial charge is 0.410 e. The number of halogens is 4. The molecule has 2 aliphatic heterocycles. The predicted molar refractivity (Wildman–Crippen MR) is 267 cm³/mol. The molecule has 4 aromatic carbocycles. The number of fused-ring (bicyclic) bond motifs is 2. The number of ketones is 2. The van der Waals surface area contributed by atoms with Crippen molar-refractivity contribution in [1.82, 2.24) is 9.80 Å². The lowest BCUT2D eigenvalue weighted by Gasteiger charge is -2.36. The first kappa shape index (κ1) is 50.6. The van der Waals surface area contributed by atoms with E-state index in [-0.39, 0.29) is 59.6 Å². The Labute approximate surface area is 415 Å². The monoisotopic (exact) mass is 1010 g/mol. The number of carbonyl (C=O) groups is 4. The summed E-state index contributed by atoms with van der Waals surface area (Å²) in [7, 11) is -1.96. The normalized spacial score (nSPS) is 18.8. The first-order valence-electron chi connectivity index (χ1n) is 23.2. The van der Waals surface area contributed by atoms with Crippen molar-refractivity contribution in [2.24, 2.45) is 23.7 Å². The van der Waals surface area contributed by atoms with E-state index in [2.05, 4.69) is 39.9 Å². The van der Waals surface area contributed by atoms with Gasteiger partial charge in [0.15, 0.2) is 11.6 Å². The van der Waals surface area contributed by atoms with Crippen LogP contribution in [-0.4, -0.2) is 73.2 Å². The summed E-state index contributed by atoms with van der Waals surface area (Å²) in [5, 5.41) is 11.8. The highest BCUT2D eigenvalue weighted by molar-refractivity contribution is 6.74. The number of carbonyl (C=O) groups excluding carboxylic acids is 4. The number of hydrogen-bond donors (Lipinski definition) is 1. The Morgan fingerprint density at radius 3 is 1.45 bits per heavy atom. The lowest BCUT2D eigenvalue weighted by Crippen LogP contribution is -2.43. The second kappa shape index (κ2) is 21.6. The van der Waals surface area contributed by atoms with Gasteiger partial charge in [-0.05, 0) is 164 Å². The molecule has 0 saturated carbocycles. The minimum absolute atomic E-state index is 0.00852. The fraction of sp³-hybridized carbons (Fsp3) is 0.462. The number of aromatic hydroxyl groups is 1. The minimum Gasteiger partial charge on any atom is -0.543 e. The lowest BCUT2D eigenvalue weighted by molar-refractivity contribution is 0.0764. The molecule has 2 atom stereocenters. The Hall–Kier alpha value is -4.26. The van der Waals surface area contributed by atoms with E-state index in [4.69, 9.17) is 60.3 Å². The first-order valence-corrected chi connectivity index (χ1v) is 27.6. The summed E-state index contributed by atoms with van der Waals surface area (Å²) >= 11 is 24.0. The third-order valence-electron chi connectivity index (χ3n) is 14.1. The van der Waals surface area contributed by atoms with E-state index in [0.29, 0.717) is 63.7 Å². The van der Waals surface area contributed by atoms with Crippen molar-refractivity contribution in [3.05, 3.63) is 126 Å². The highest BCUT2D eigenvalue weighted by Crippen LogP contribution is 2.41. The van der Waals surface area contributed by atoms with Gasteiger partial charge < -0.3 is 28.8 Å². The van der Waals surface area contributed by atoms with Crippen molar-refractivity contribution in [3.8, 4) is 11.5 Å². The van der Waals surface area contributed by atoms with Crippen LogP contribution in [0.3, 0.4) is 0 Å². The van der Waals surface area contributed by atoms with E-state index in [9.17, 15) is 24.3 Å². The summed E-state index contributed by atoms with van der Waals surface area (Å²) in [6, 6.07) is 21.3. The number of rotatable bonds is 10. The Morgan fingerprint density at radius 1 is 0.627 bits per heavy atom. The van der Waals surface area contributed by atoms with Crippen molar-refractivity contribution in [3.63, 3.8) is 0 Å². The van der Waals surface area contributed by atoms with E-state index in [1.54, 1.807) is 58.3 Å². The van der Waals surface area contributed by atoms with Crippen molar-refractivity contribution in [1.29, 1.82) is 0 Å². The van der Waals surface area contributed by atoms with Gasteiger partial charge in [-0.1, -0.05) is 79.3 Å². The van der Waals surface area contributed by atoms with Crippen LogP contribution in [-0.2, 0) is 35.5 Å². The maximum absolute atomic E-state index is 13.3. The van der Waals surface area contributed by atoms with Gasteiger partial charge >= 0.3 is 12.2 Å². The summed E-state index contributed by atoms with van der Waals surface area (Å²) < 4.78 is 17.3. The number of likely N-dealkylation sites (tertiary alicyclic amines) is 2. The molecule has 2 fully saturated rings. The molecule has 4 aromatic rings. The van der Waals surface area contributed by atoms with Crippen molar-refractivity contribution >= 4 is 78.5 Å². The lowest BCUT2D eigenvalue weighted by atomic mass is 9.85. The molecule has 10 nitrogen and oxygen atoms in total. The summed E-state index contributed by atoms with van der Waals surface area (Å²) in [5.74, 6) is 2.10. The zero-order valence-corrected chi connectivity index (χ0v) is 42.9. The number of phenols is 1. The van der Waals surface area contributed by atoms with Crippen LogP contribution in [0, 0.1) is 23.7 Å². The zero-order valence-electron chi connectivity index (χ0n) is 38.8. The number of piperidine rings is 2. The SMILES string of the molecule is CC(C)(C)[Si](C)(C)Oc1ccc2c(c1)C(=O)C(CC1CCN(C(=O)OCc3cc(Cl)cc(Cl)c3)CC1)C2.O=C1c2cc(O)ccc2CC1CC1CCN(C(=O)OCc2cc(Cl)cc(Cl)c2)CC1. The van der Waals surface area contributed by atoms with Crippen LogP contribution in [0.2, 0.25) is 38.2 Å². The standard InChI is InChI=1S/C29H37Cl2NO4Si.C23H23Cl2NO4/c1-29(2,3)37(4,5)36-25-7-6-21-15-22(27(33)26(21)17-25)12-19-8-10-32(11-9-19)28(34)35-18-20-13-23(30)16-24(31)14-20;24-18-8-15(9-19(25)11-18)13-30-23(29)26-5-3-14(4-6-26)7-17-10-16-1-2-20(27)12-21(16)22(17)28/h6-7,13-14,16-17,19,22H,8-12,15,18H2,1-5H3;1-2,8-9,11-12,14,17,27H,3-7,10,13H2. The fourth-order valence-electron chi connectivity index (χ4n) is 9.35. The van der Waals surface area contributed by atoms with Crippen molar-refractivity contribution in [2.75, 3.05) is 26.2 Å². The Morgan fingerprint density at radius 2 is 1.03 bits per heavy atom. The van der Waals surface area contributed by atoms with Crippen molar-refractivity contribution < 1.29 is 38.2 Å². The second-order valence-corrected chi connectivity index (χ2v) is 26.5. The van der Waals surface area contributed by atoms with Crippen LogP contribution in [0.4, 0.5) is 9.59 Å². The maximum Gasteiger partial charge on any atom is 0.410 e. The number of ether oxygens (including phenoxy) is 2. The molecule has 358 valence electrons. The van der Waals surface area contributed by atoms with Crippen LogP contribution >= 0.6 is 46.4 Å². The number of phenolic OH excluding ortho intramolecular Hbond substituents is 1. The van der Waals surface area contributed by atoms with Gasteiger partial charge in [0.1, 0.15) is 24.7 Å². The predicted octanol–water partition coefficient (Wildman–Crippen LogP) is 13.7. The minimum atomic E-state index is -1.96. The first-order chi connectivity index (χ1) is 31.7. The van der Waals surface area contributed by atoms with Gasteiger partial charge in [-0.25, -0.2) is 9.59 Å². The van der Waals surface area contributed by atoms with Gasteiger partial charge in [-0.15, -0.1) is 0 Å². The summed E-state index contributed by atoms with van der Waals surface area (Å²) in [4.78, 5) is 54.3. The molecule has 0 aromatic heterocycles. The quantitative estimate of drug-likeness (QED) is 0.156. The average Bonchev–Trinajstić information content (AvgIpc) is 3.74. The average molecular weight is 1010 g/mol. The largest absolute Gasteiger partial charge is 0.543 e. The number of Topliss-reactive ketones (excluding diaryl/α,β-unsaturated/α-hetero) is 2. The molecule has 4 aliphatic rings.